The van der Waals surface area contributed by atoms with Crippen molar-refractivity contribution in [1.82, 2.24) is 23.8 Å². The fourth-order valence-corrected chi connectivity index (χ4v) is 3.56. The number of aromatic nitrogens is 4. The molecule has 0 radical (unpaired) electrons. The molecule has 0 bridgehead atoms. The first-order valence-electron chi connectivity index (χ1n) is 8.51. The number of nitrogens with zero attached hydrogens (tertiary/aromatic N) is 5. The molecule has 0 aliphatic carbocycles. The van der Waals surface area contributed by atoms with Crippen LogP contribution in [0, 0.1) is 0 Å². The van der Waals surface area contributed by atoms with Crippen LogP contribution < -0.4 is 10.9 Å². The van der Waals surface area contributed by atoms with Crippen LogP contribution in [0.5, 0.6) is 0 Å². The number of aryl methyl sites for hydroxylation is 1. The second kappa shape index (κ2) is 6.29. The molecule has 0 saturated carbocycles. The molecule has 8 heteroatoms. The number of likely N-dealkylation sites (tertiary alicyclic amines) is 1. The predicted molar refractivity (Wildman–Crippen MR) is 96.8 cm³/mol. The molecule has 1 aliphatic rings. The highest BCUT2D eigenvalue weighted by Gasteiger charge is 2.36. The molecule has 1 amide bonds. The van der Waals surface area contributed by atoms with Crippen LogP contribution in [0.25, 0.3) is 5.65 Å². The highest BCUT2D eigenvalue weighted by molar-refractivity contribution is 5.77. The van der Waals surface area contributed by atoms with E-state index in [9.17, 15) is 9.59 Å². The van der Waals surface area contributed by atoms with Gasteiger partial charge in [0.05, 0.1) is 30.3 Å². The van der Waals surface area contributed by atoms with Crippen LogP contribution >= 0.6 is 0 Å². The highest BCUT2D eigenvalue weighted by atomic mass is 16.2. The van der Waals surface area contributed by atoms with Crippen LogP contribution in [0.1, 0.15) is 24.6 Å². The number of anilines is 1. The van der Waals surface area contributed by atoms with Crippen molar-refractivity contribution in [3.63, 3.8) is 0 Å². The Bertz CT molecular complexity index is 1020. The summed E-state index contributed by atoms with van der Waals surface area (Å²) >= 11 is 0. The minimum atomic E-state index is -0.181. The summed E-state index contributed by atoms with van der Waals surface area (Å²) < 4.78 is 3.41. The summed E-state index contributed by atoms with van der Waals surface area (Å²) in [5.74, 6) is 0.613. The number of likely N-dealkylation sites (N-methyl/N-ethyl adjacent to an activating group) is 1. The van der Waals surface area contributed by atoms with Crippen LogP contribution in [0.15, 0.2) is 47.8 Å². The number of carbonyl (C=O) groups is 1. The maximum atomic E-state index is 12.3. The Morgan fingerprint density at radius 2 is 2.08 bits per heavy atom. The normalized spacial score (nSPS) is 20.5. The van der Waals surface area contributed by atoms with Gasteiger partial charge in [-0.2, -0.15) is 0 Å². The third-order valence-electron chi connectivity index (χ3n) is 4.92. The van der Waals surface area contributed by atoms with Gasteiger partial charge in [0.15, 0.2) is 0 Å². The first kappa shape index (κ1) is 16.3. The van der Waals surface area contributed by atoms with Crippen molar-refractivity contribution in [2.45, 2.75) is 24.9 Å². The molecule has 8 nitrogen and oxygen atoms in total. The van der Waals surface area contributed by atoms with Crippen LogP contribution in [-0.2, 0) is 11.8 Å². The fourth-order valence-electron chi connectivity index (χ4n) is 3.56. The number of pyridine rings is 1. The molecule has 134 valence electrons. The Morgan fingerprint density at radius 3 is 2.85 bits per heavy atom. The van der Waals surface area contributed by atoms with Gasteiger partial charge in [-0.15, -0.1) is 0 Å². The summed E-state index contributed by atoms with van der Waals surface area (Å²) in [7, 11) is 3.71. The topological polar surface area (TPSA) is 84.5 Å². The molecular weight excluding hydrogens is 332 g/mol. The second-order valence-corrected chi connectivity index (χ2v) is 6.58. The first-order chi connectivity index (χ1) is 12.5. The lowest BCUT2D eigenvalue weighted by Crippen LogP contribution is -2.47. The van der Waals surface area contributed by atoms with E-state index in [2.05, 4.69) is 15.3 Å². The molecule has 2 atom stereocenters. The summed E-state index contributed by atoms with van der Waals surface area (Å²) in [4.78, 5) is 35.0. The number of imidazole rings is 1. The molecule has 1 fully saturated rings. The molecule has 4 rings (SSSR count). The molecule has 0 unspecified atom stereocenters. The third kappa shape index (κ3) is 2.73. The standard InChI is InChI=1S/C18H20N6O2/c1-22-11-19-10-13(22)18-12(6-7-16(25)23(18)2)20-14-9-17(26)24-8-4-3-5-15(24)21-14/h3-5,8-12,18,20H,6-7H2,1-2H3/t12-,18-/m1/s1. The Labute approximate surface area is 150 Å². The molecule has 0 spiro atoms. The van der Waals surface area contributed by atoms with Crippen molar-refractivity contribution >= 4 is 17.4 Å². The van der Waals surface area contributed by atoms with E-state index in [-0.39, 0.29) is 23.6 Å². The Kier molecular flexibility index (Phi) is 3.95. The molecule has 3 aromatic rings. The van der Waals surface area contributed by atoms with Gasteiger partial charge < -0.3 is 14.8 Å². The Morgan fingerprint density at radius 1 is 1.23 bits per heavy atom. The van der Waals surface area contributed by atoms with E-state index in [1.807, 2.05) is 17.7 Å². The van der Waals surface area contributed by atoms with E-state index in [4.69, 9.17) is 0 Å². The smallest absolute Gasteiger partial charge is 0.259 e. The lowest BCUT2D eigenvalue weighted by Gasteiger charge is -2.39. The number of amides is 1. The summed E-state index contributed by atoms with van der Waals surface area (Å²) in [6.45, 7) is 0. The maximum Gasteiger partial charge on any atom is 0.259 e. The minimum absolute atomic E-state index is 0.0637. The minimum Gasteiger partial charge on any atom is -0.365 e. The lowest BCUT2D eigenvalue weighted by molar-refractivity contribution is -0.135. The average Bonchev–Trinajstić information content (AvgIpc) is 3.04. The molecule has 26 heavy (non-hydrogen) atoms. The molecule has 0 aromatic carbocycles. The largest absolute Gasteiger partial charge is 0.365 e. The van der Waals surface area contributed by atoms with Crippen molar-refractivity contribution in [2.24, 2.45) is 7.05 Å². The van der Waals surface area contributed by atoms with Crippen molar-refractivity contribution in [1.29, 1.82) is 0 Å². The van der Waals surface area contributed by atoms with Crippen LogP contribution in [-0.4, -0.2) is 42.8 Å². The van der Waals surface area contributed by atoms with Gasteiger partial charge in [0, 0.05) is 32.8 Å². The Balaban J connectivity index is 1.71. The number of fused-ring (bicyclic) bond motifs is 1. The van der Waals surface area contributed by atoms with E-state index in [0.29, 0.717) is 24.3 Å². The van der Waals surface area contributed by atoms with Crippen molar-refractivity contribution in [2.75, 3.05) is 12.4 Å². The van der Waals surface area contributed by atoms with Crippen molar-refractivity contribution in [3.8, 4) is 0 Å². The summed E-state index contributed by atoms with van der Waals surface area (Å²) in [6.07, 6.45) is 6.31. The first-order valence-corrected chi connectivity index (χ1v) is 8.51. The van der Waals surface area contributed by atoms with Gasteiger partial charge in [0.25, 0.3) is 5.56 Å². The number of piperidine rings is 1. The van der Waals surface area contributed by atoms with Gasteiger partial charge in [-0.25, -0.2) is 9.97 Å². The monoisotopic (exact) mass is 352 g/mol. The molecule has 4 heterocycles. The molecule has 1 saturated heterocycles. The number of hydrogen-bond acceptors (Lipinski definition) is 5. The summed E-state index contributed by atoms with van der Waals surface area (Å²) in [5.41, 5.74) is 1.38. The quantitative estimate of drug-likeness (QED) is 0.766. The number of nitrogens with one attached hydrogen (secondary N) is 1. The van der Waals surface area contributed by atoms with Crippen molar-refractivity contribution < 1.29 is 4.79 Å². The van der Waals surface area contributed by atoms with Gasteiger partial charge in [-0.1, -0.05) is 6.07 Å². The van der Waals surface area contributed by atoms with Gasteiger partial charge in [-0.3, -0.25) is 14.0 Å². The van der Waals surface area contributed by atoms with Crippen LogP contribution in [0.3, 0.4) is 0 Å². The third-order valence-corrected chi connectivity index (χ3v) is 4.92. The van der Waals surface area contributed by atoms with E-state index in [1.54, 1.807) is 42.8 Å². The number of hydrogen-bond donors (Lipinski definition) is 1. The average molecular weight is 352 g/mol. The van der Waals surface area contributed by atoms with Crippen LogP contribution in [0.2, 0.25) is 0 Å². The SMILES string of the molecule is CN1C(=O)CC[C@@H](Nc2cc(=O)n3ccccc3n2)[C@@H]1c1cncn1C. The van der Waals surface area contributed by atoms with E-state index < -0.39 is 0 Å². The zero-order chi connectivity index (χ0) is 18.3. The van der Waals surface area contributed by atoms with Gasteiger partial charge in [-0.05, 0) is 18.6 Å². The van der Waals surface area contributed by atoms with Crippen molar-refractivity contribution in [3.05, 3.63) is 59.0 Å². The zero-order valence-corrected chi connectivity index (χ0v) is 14.7. The molecule has 3 aromatic heterocycles. The van der Waals surface area contributed by atoms with E-state index in [1.165, 1.54) is 10.5 Å². The fraction of sp³-hybridized carbons (Fsp3) is 0.333. The molecule has 1 N–H and O–H groups in total. The van der Waals surface area contributed by atoms with E-state index in [0.717, 1.165) is 5.69 Å². The maximum absolute atomic E-state index is 12.3. The summed E-state index contributed by atoms with van der Waals surface area (Å²) in [6, 6.07) is 6.68. The molecule has 1 aliphatic heterocycles. The van der Waals surface area contributed by atoms with Gasteiger partial charge in [0.1, 0.15) is 11.5 Å². The summed E-state index contributed by atoms with van der Waals surface area (Å²) in [5, 5.41) is 3.37. The second-order valence-electron chi connectivity index (χ2n) is 6.58. The number of carbonyl (C=O) groups excluding carboxylic acids is 1. The van der Waals surface area contributed by atoms with E-state index >= 15 is 0 Å². The number of rotatable bonds is 3. The highest BCUT2D eigenvalue weighted by Crippen LogP contribution is 2.32. The predicted octanol–water partition coefficient (Wildman–Crippen LogP) is 1.20. The van der Waals surface area contributed by atoms with Gasteiger partial charge >= 0.3 is 0 Å². The van der Waals surface area contributed by atoms with Gasteiger partial charge in [0.2, 0.25) is 5.91 Å². The van der Waals surface area contributed by atoms with Crippen LogP contribution in [0.4, 0.5) is 5.82 Å². The zero-order valence-electron chi connectivity index (χ0n) is 14.7. The molecular formula is C18H20N6O2. The lowest BCUT2D eigenvalue weighted by atomic mass is 9.93. The Hall–Kier alpha value is -3.16.